The first-order valence-corrected chi connectivity index (χ1v) is 9.76. The first-order chi connectivity index (χ1) is 10.9. The zero-order valence-electron chi connectivity index (χ0n) is 12.5. The third-order valence-corrected chi connectivity index (χ3v) is 5.20. The molecule has 2 aromatic carbocycles. The number of pyridine rings is 1. The molecule has 112 valence electrons. The van der Waals surface area contributed by atoms with E-state index < -0.39 is 0 Å². The van der Waals surface area contributed by atoms with Gasteiger partial charge in [0.2, 0.25) is 0 Å². The topological polar surface area (TPSA) is 24.9 Å². The predicted octanol–water partition coefficient (Wildman–Crippen LogP) is 4.89. The number of fused-ring (bicyclic) bond motifs is 1. The summed E-state index contributed by atoms with van der Waals surface area (Å²) in [4.78, 5) is 5.80. The number of benzene rings is 2. The van der Waals surface area contributed by atoms with Crippen LogP contribution in [0.25, 0.3) is 10.9 Å². The SMILES string of the molecule is CSSc1ccc(CNCc2ccccc2)c2cccnc12. The summed E-state index contributed by atoms with van der Waals surface area (Å²) in [5, 5.41) is 4.76. The average molecular weight is 326 g/mol. The molecule has 0 radical (unpaired) electrons. The van der Waals surface area contributed by atoms with E-state index in [2.05, 4.69) is 59.0 Å². The minimum atomic E-state index is 0.849. The minimum Gasteiger partial charge on any atom is -0.309 e. The van der Waals surface area contributed by atoms with Crippen LogP contribution >= 0.6 is 21.6 Å². The number of aromatic nitrogens is 1. The largest absolute Gasteiger partial charge is 0.309 e. The van der Waals surface area contributed by atoms with E-state index in [1.165, 1.54) is 21.4 Å². The highest BCUT2D eigenvalue weighted by molar-refractivity contribution is 8.76. The van der Waals surface area contributed by atoms with Crippen molar-refractivity contribution in [3.05, 3.63) is 71.9 Å². The Morgan fingerprint density at radius 2 is 1.82 bits per heavy atom. The molecular weight excluding hydrogens is 308 g/mol. The molecule has 0 aliphatic carbocycles. The minimum absolute atomic E-state index is 0.849. The van der Waals surface area contributed by atoms with E-state index in [9.17, 15) is 0 Å². The van der Waals surface area contributed by atoms with Gasteiger partial charge < -0.3 is 5.32 Å². The molecule has 3 rings (SSSR count). The zero-order chi connectivity index (χ0) is 15.2. The molecule has 1 N–H and O–H groups in total. The molecule has 0 spiro atoms. The highest BCUT2D eigenvalue weighted by Gasteiger charge is 2.07. The Hall–Kier alpha value is -1.49. The summed E-state index contributed by atoms with van der Waals surface area (Å²) in [5.41, 5.74) is 3.70. The lowest BCUT2D eigenvalue weighted by atomic mass is 10.1. The second-order valence-corrected chi connectivity index (χ2v) is 7.40. The Kier molecular flexibility index (Phi) is 5.38. The summed E-state index contributed by atoms with van der Waals surface area (Å²) in [7, 11) is 3.52. The van der Waals surface area contributed by atoms with Gasteiger partial charge in [-0.05, 0) is 29.5 Å². The van der Waals surface area contributed by atoms with Crippen LogP contribution in [0.2, 0.25) is 0 Å². The molecule has 1 aromatic heterocycles. The molecule has 0 aliphatic heterocycles. The van der Waals surface area contributed by atoms with E-state index in [1.807, 2.05) is 18.3 Å². The Morgan fingerprint density at radius 3 is 2.64 bits per heavy atom. The quantitative estimate of drug-likeness (QED) is 0.652. The van der Waals surface area contributed by atoms with Crippen molar-refractivity contribution in [3.8, 4) is 0 Å². The Bertz CT molecular complexity index is 744. The fourth-order valence-corrected chi connectivity index (χ4v) is 3.94. The second-order valence-electron chi connectivity index (χ2n) is 4.96. The van der Waals surface area contributed by atoms with E-state index in [4.69, 9.17) is 0 Å². The number of hydrogen-bond donors (Lipinski definition) is 1. The van der Waals surface area contributed by atoms with Crippen molar-refractivity contribution in [2.45, 2.75) is 18.0 Å². The summed E-state index contributed by atoms with van der Waals surface area (Å²) in [5.74, 6) is 0. The van der Waals surface area contributed by atoms with E-state index in [-0.39, 0.29) is 0 Å². The maximum absolute atomic E-state index is 4.56. The van der Waals surface area contributed by atoms with Crippen molar-refractivity contribution < 1.29 is 0 Å². The maximum atomic E-state index is 4.56. The van der Waals surface area contributed by atoms with Gasteiger partial charge in [-0.2, -0.15) is 0 Å². The second kappa shape index (κ2) is 7.68. The molecule has 1 heterocycles. The van der Waals surface area contributed by atoms with Crippen LogP contribution in [0.3, 0.4) is 0 Å². The lowest BCUT2D eigenvalue weighted by Crippen LogP contribution is -2.12. The number of rotatable bonds is 6. The van der Waals surface area contributed by atoms with Crippen LogP contribution in [0.1, 0.15) is 11.1 Å². The highest BCUT2D eigenvalue weighted by Crippen LogP contribution is 2.34. The normalized spacial score (nSPS) is 11.0. The van der Waals surface area contributed by atoms with Gasteiger partial charge in [0.1, 0.15) is 0 Å². The van der Waals surface area contributed by atoms with Gasteiger partial charge in [-0.1, -0.05) is 64.1 Å². The van der Waals surface area contributed by atoms with Crippen molar-refractivity contribution in [2.75, 3.05) is 6.26 Å². The third-order valence-electron chi connectivity index (χ3n) is 3.48. The van der Waals surface area contributed by atoms with Crippen molar-refractivity contribution >= 4 is 32.5 Å². The third kappa shape index (κ3) is 3.64. The number of hydrogen-bond acceptors (Lipinski definition) is 4. The van der Waals surface area contributed by atoms with Crippen molar-refractivity contribution in [1.29, 1.82) is 0 Å². The average Bonchev–Trinajstić information content (AvgIpc) is 2.58. The highest BCUT2D eigenvalue weighted by atomic mass is 33.1. The smallest absolute Gasteiger partial charge is 0.0849 e. The monoisotopic (exact) mass is 326 g/mol. The van der Waals surface area contributed by atoms with Crippen molar-refractivity contribution in [2.24, 2.45) is 0 Å². The Morgan fingerprint density at radius 1 is 0.955 bits per heavy atom. The molecule has 2 nitrogen and oxygen atoms in total. The van der Waals surface area contributed by atoms with Gasteiger partial charge in [0.15, 0.2) is 0 Å². The van der Waals surface area contributed by atoms with E-state index in [0.29, 0.717) is 0 Å². The summed E-state index contributed by atoms with van der Waals surface area (Å²) >= 11 is 0. The first-order valence-electron chi connectivity index (χ1n) is 7.20. The first kappa shape index (κ1) is 15.4. The van der Waals surface area contributed by atoms with Gasteiger partial charge in [-0.15, -0.1) is 0 Å². The molecule has 0 saturated heterocycles. The van der Waals surface area contributed by atoms with Gasteiger partial charge in [0.25, 0.3) is 0 Å². The van der Waals surface area contributed by atoms with E-state index in [0.717, 1.165) is 18.6 Å². The van der Waals surface area contributed by atoms with Gasteiger partial charge in [-0.3, -0.25) is 4.98 Å². The van der Waals surface area contributed by atoms with Crippen LogP contribution in [-0.4, -0.2) is 11.2 Å². The van der Waals surface area contributed by atoms with E-state index >= 15 is 0 Å². The lowest BCUT2D eigenvalue weighted by Gasteiger charge is -2.10. The Labute approximate surface area is 139 Å². The van der Waals surface area contributed by atoms with Crippen LogP contribution in [0, 0.1) is 0 Å². The van der Waals surface area contributed by atoms with Crippen molar-refractivity contribution in [1.82, 2.24) is 10.3 Å². The summed E-state index contributed by atoms with van der Waals surface area (Å²) in [6, 6.07) is 19.0. The number of nitrogens with one attached hydrogen (secondary N) is 1. The molecule has 22 heavy (non-hydrogen) atoms. The van der Waals surface area contributed by atoms with Gasteiger partial charge in [0, 0.05) is 29.6 Å². The fraction of sp³-hybridized carbons (Fsp3) is 0.167. The lowest BCUT2D eigenvalue weighted by molar-refractivity contribution is 0.696. The molecule has 0 aliphatic rings. The van der Waals surface area contributed by atoms with Gasteiger partial charge in [-0.25, -0.2) is 0 Å². The standard InChI is InChI=1S/C18H18N2S2/c1-21-22-17-10-9-15(16-8-5-11-20-18(16)17)13-19-12-14-6-3-2-4-7-14/h2-11,19H,12-13H2,1H3. The molecule has 4 heteroatoms. The zero-order valence-corrected chi connectivity index (χ0v) is 14.1. The molecule has 0 unspecified atom stereocenters. The van der Waals surface area contributed by atoms with Crippen LogP contribution in [0.4, 0.5) is 0 Å². The molecular formula is C18H18N2S2. The number of nitrogens with zero attached hydrogens (tertiary/aromatic N) is 1. The predicted molar refractivity (Wildman–Crippen MR) is 98.1 cm³/mol. The summed E-state index contributed by atoms with van der Waals surface area (Å²) < 4.78 is 0. The van der Waals surface area contributed by atoms with E-state index in [1.54, 1.807) is 21.6 Å². The van der Waals surface area contributed by atoms with Crippen LogP contribution in [0.5, 0.6) is 0 Å². The van der Waals surface area contributed by atoms with Crippen LogP contribution in [-0.2, 0) is 13.1 Å². The summed E-state index contributed by atoms with van der Waals surface area (Å²) in [6.45, 7) is 1.73. The fourth-order valence-electron chi connectivity index (χ4n) is 2.45. The molecule has 3 aromatic rings. The maximum Gasteiger partial charge on any atom is 0.0849 e. The molecule has 0 fully saturated rings. The van der Waals surface area contributed by atoms with Crippen LogP contribution in [0.15, 0.2) is 65.7 Å². The van der Waals surface area contributed by atoms with Gasteiger partial charge in [0.05, 0.1) is 5.52 Å². The Balaban J connectivity index is 1.78. The molecule has 0 saturated carbocycles. The van der Waals surface area contributed by atoms with Gasteiger partial charge >= 0.3 is 0 Å². The summed E-state index contributed by atoms with van der Waals surface area (Å²) in [6.07, 6.45) is 3.96. The molecule has 0 bridgehead atoms. The molecule has 0 amide bonds. The van der Waals surface area contributed by atoms with Crippen LogP contribution < -0.4 is 5.32 Å². The van der Waals surface area contributed by atoms with Crippen molar-refractivity contribution in [3.63, 3.8) is 0 Å². The molecule has 0 atom stereocenters.